The number of hydrogen-bond donors (Lipinski definition) is 0. The van der Waals surface area contributed by atoms with Gasteiger partial charge in [-0.1, -0.05) is 84.9 Å². The van der Waals surface area contributed by atoms with Gasteiger partial charge < -0.3 is 9.47 Å². The van der Waals surface area contributed by atoms with E-state index in [1.54, 1.807) is 48.7 Å². The Bertz CT molecular complexity index is 1460. The normalized spacial score (nSPS) is 9.50. The molecule has 0 heterocycles. The van der Waals surface area contributed by atoms with Crippen LogP contribution < -0.4 is 9.47 Å². The first-order valence-electron chi connectivity index (χ1n) is 12.8. The minimum Gasteiger partial charge on any atom is -0.488 e. The molecule has 0 bridgehead atoms. The van der Waals surface area contributed by atoms with Crippen LogP contribution in [0.15, 0.2) is 120 Å². The number of ether oxygens (including phenoxy) is 2. The van der Waals surface area contributed by atoms with Gasteiger partial charge in [-0.15, -0.1) is 23.5 Å². The zero-order valence-corrected chi connectivity index (χ0v) is 26.9. The second kappa shape index (κ2) is 20.4. The second-order valence-corrected chi connectivity index (χ2v) is 11.0. The zero-order chi connectivity index (χ0) is 30.6. The largest absolute Gasteiger partial charge is 0.488 e. The van der Waals surface area contributed by atoms with Crippen molar-refractivity contribution in [3.05, 3.63) is 142 Å². The average Bonchev–Trinajstić information content (AvgIpc) is 3.03. The number of thiocarbonyl (C=S) groups is 2. The summed E-state index contributed by atoms with van der Waals surface area (Å²) in [7, 11) is 0. The first kappa shape index (κ1) is 34.7. The average molecular weight is 633 g/mol. The van der Waals surface area contributed by atoms with Crippen molar-refractivity contribution in [2.24, 2.45) is 0 Å². The number of ketones is 2. The van der Waals surface area contributed by atoms with Gasteiger partial charge in [0.2, 0.25) is 0 Å². The van der Waals surface area contributed by atoms with E-state index in [0.717, 1.165) is 15.4 Å². The minimum atomic E-state index is -0.0256. The van der Waals surface area contributed by atoms with Gasteiger partial charge in [-0.05, 0) is 79.3 Å². The highest BCUT2D eigenvalue weighted by Crippen LogP contribution is 2.26. The van der Waals surface area contributed by atoms with Crippen LogP contribution in [0.2, 0.25) is 0 Å². The van der Waals surface area contributed by atoms with Crippen molar-refractivity contribution in [2.45, 2.75) is 20.1 Å². The van der Waals surface area contributed by atoms with Gasteiger partial charge in [0, 0.05) is 14.6 Å². The number of rotatable bonds is 11. The summed E-state index contributed by atoms with van der Waals surface area (Å²) >= 11 is 11.1. The summed E-state index contributed by atoms with van der Waals surface area (Å²) in [6, 6.07) is 34.5. The van der Waals surface area contributed by atoms with E-state index in [-0.39, 0.29) is 11.6 Å². The molecule has 0 saturated heterocycles. The van der Waals surface area contributed by atoms with Crippen LogP contribution >= 0.6 is 48.0 Å². The summed E-state index contributed by atoms with van der Waals surface area (Å²) in [6.45, 7) is 2.47. The van der Waals surface area contributed by atoms with Crippen LogP contribution in [-0.4, -0.2) is 28.4 Å². The topological polar surface area (TPSA) is 52.6 Å². The highest BCUT2D eigenvalue weighted by molar-refractivity contribution is 8.21. The molecule has 8 heteroatoms. The van der Waals surface area contributed by atoms with Gasteiger partial charge in [0.1, 0.15) is 24.7 Å². The fourth-order valence-electron chi connectivity index (χ4n) is 3.54. The molecule has 0 radical (unpaired) electrons. The third-order valence-corrected chi connectivity index (χ3v) is 7.58. The minimum absolute atomic E-state index is 0.0219. The zero-order valence-electron chi connectivity index (χ0n) is 23.6. The second-order valence-electron chi connectivity index (χ2n) is 8.42. The van der Waals surface area contributed by atoms with E-state index in [1.165, 1.54) is 0 Å². The molecule has 0 unspecified atom stereocenters. The molecule has 4 nitrogen and oxygen atoms in total. The summed E-state index contributed by atoms with van der Waals surface area (Å²) in [5.41, 5.74) is 3.39. The lowest BCUT2D eigenvalue weighted by molar-refractivity contribution is 0.101. The Kier molecular flexibility index (Phi) is 16.8. The van der Waals surface area contributed by atoms with Crippen LogP contribution in [0.25, 0.3) is 0 Å². The Labute approximate surface area is 267 Å². The van der Waals surface area contributed by atoms with Gasteiger partial charge in [0.25, 0.3) is 0 Å². The Hall–Kier alpha value is -3.52. The Morgan fingerprint density at radius 3 is 1.48 bits per heavy atom. The number of benzene rings is 4. The van der Waals surface area contributed by atoms with Gasteiger partial charge in [0.05, 0.1) is 11.1 Å². The summed E-state index contributed by atoms with van der Waals surface area (Å²) in [5, 5.41) is 0. The molecule has 0 aromatic heterocycles. The summed E-state index contributed by atoms with van der Waals surface area (Å²) in [4.78, 5) is 23.8. The molecule has 42 heavy (non-hydrogen) atoms. The molecule has 0 aliphatic heterocycles. The third kappa shape index (κ3) is 12.6. The predicted molar refractivity (Wildman–Crippen MR) is 184 cm³/mol. The van der Waals surface area contributed by atoms with Crippen LogP contribution in [0.1, 0.15) is 38.8 Å². The monoisotopic (exact) mass is 632 g/mol. The summed E-state index contributed by atoms with van der Waals surface area (Å²) in [6.07, 6.45) is 5.60. The molecule has 4 rings (SSSR count). The van der Waals surface area contributed by atoms with E-state index in [0.29, 0.717) is 35.8 Å². The SMILES string of the molecule is CC(=O)c1ccccc1OCc1ccccc1.CSC(=CC(=O)c1ccccc1OCc1ccccc1)SC.S=C=S. The van der Waals surface area contributed by atoms with Gasteiger partial charge in [-0.3, -0.25) is 9.59 Å². The number of carbonyl (C=O) groups excluding carboxylic acids is 2. The van der Waals surface area contributed by atoms with Crippen molar-refractivity contribution in [3.63, 3.8) is 0 Å². The highest BCUT2D eigenvalue weighted by Gasteiger charge is 2.11. The van der Waals surface area contributed by atoms with E-state index < -0.39 is 0 Å². The smallest absolute Gasteiger partial charge is 0.191 e. The standard InChI is InChI=1S/C18H18O2S2.C15H14O2.CS2/c1-21-18(22-2)12-16(19)15-10-6-7-11-17(15)20-13-14-8-4-3-5-9-14;1-12(16)14-9-5-6-10-15(14)17-11-13-7-3-2-4-8-13;2-1-3/h3-12H,13H2,1-2H3;2-10H,11H2,1H3;. The lowest BCUT2D eigenvalue weighted by Gasteiger charge is -2.10. The summed E-state index contributed by atoms with van der Waals surface area (Å²) < 4.78 is 14.4. The molecular formula is C34H32O4S4. The molecule has 216 valence electrons. The molecule has 0 spiro atoms. The molecule has 0 atom stereocenters. The Morgan fingerprint density at radius 1 is 0.667 bits per heavy atom. The number of para-hydroxylation sites is 2. The van der Waals surface area contributed by atoms with Gasteiger partial charge in [0.15, 0.2) is 11.6 Å². The van der Waals surface area contributed by atoms with Crippen LogP contribution in [0.4, 0.5) is 0 Å². The number of Topliss-reactive ketones (excluding diaryl/α,β-unsaturated/α-hetero) is 1. The van der Waals surface area contributed by atoms with E-state index >= 15 is 0 Å². The molecule has 0 N–H and O–H groups in total. The number of carbonyl (C=O) groups is 2. The maximum Gasteiger partial charge on any atom is 0.191 e. The predicted octanol–water partition coefficient (Wildman–Crippen LogP) is 9.50. The van der Waals surface area contributed by atoms with Gasteiger partial charge >= 0.3 is 0 Å². The van der Waals surface area contributed by atoms with Gasteiger partial charge in [-0.25, -0.2) is 0 Å². The lowest BCUT2D eigenvalue weighted by atomic mass is 10.1. The Morgan fingerprint density at radius 2 is 1.05 bits per heavy atom. The van der Waals surface area contributed by atoms with E-state index in [1.807, 2.05) is 114 Å². The Balaban J connectivity index is 0.000000275. The van der Waals surface area contributed by atoms with Crippen LogP contribution in [0.5, 0.6) is 11.5 Å². The van der Waals surface area contributed by atoms with Crippen molar-refractivity contribution in [2.75, 3.05) is 12.5 Å². The first-order valence-corrected chi connectivity index (χ1v) is 16.1. The van der Waals surface area contributed by atoms with Crippen molar-refractivity contribution >= 4 is 63.8 Å². The van der Waals surface area contributed by atoms with Crippen molar-refractivity contribution in [3.8, 4) is 11.5 Å². The molecule has 4 aromatic rings. The van der Waals surface area contributed by atoms with Crippen molar-refractivity contribution in [1.82, 2.24) is 0 Å². The van der Waals surface area contributed by atoms with Crippen molar-refractivity contribution < 1.29 is 19.1 Å². The van der Waals surface area contributed by atoms with Crippen molar-refractivity contribution in [1.29, 1.82) is 0 Å². The molecule has 4 aromatic carbocycles. The molecule has 0 saturated carbocycles. The van der Waals surface area contributed by atoms with Crippen LogP contribution in [0.3, 0.4) is 0 Å². The fraction of sp³-hybridized carbons (Fsp3) is 0.147. The maximum absolute atomic E-state index is 12.4. The highest BCUT2D eigenvalue weighted by atomic mass is 32.2. The number of allylic oxidation sites excluding steroid dienone is 1. The quantitative estimate of drug-likeness (QED) is 0.0921. The van der Waals surface area contributed by atoms with E-state index in [9.17, 15) is 9.59 Å². The lowest BCUT2D eigenvalue weighted by Crippen LogP contribution is -2.02. The maximum atomic E-state index is 12.4. The summed E-state index contributed by atoms with van der Waals surface area (Å²) in [5.74, 6) is 1.26. The first-order chi connectivity index (χ1) is 20.4. The molecule has 0 fully saturated rings. The third-order valence-electron chi connectivity index (χ3n) is 5.54. The number of hydrogen-bond acceptors (Lipinski definition) is 8. The van der Waals surface area contributed by atoms with E-state index in [2.05, 4.69) is 24.4 Å². The van der Waals surface area contributed by atoms with E-state index in [4.69, 9.17) is 9.47 Å². The molecule has 0 aliphatic carbocycles. The molecule has 0 aliphatic rings. The van der Waals surface area contributed by atoms with Gasteiger partial charge in [-0.2, -0.15) is 0 Å². The van der Waals surface area contributed by atoms with Crippen LogP contribution in [-0.2, 0) is 13.2 Å². The number of thioether (sulfide) groups is 2. The molecule has 0 amide bonds. The molecular weight excluding hydrogens is 601 g/mol. The van der Waals surface area contributed by atoms with Crippen LogP contribution in [0, 0.1) is 0 Å². The fourth-order valence-corrected chi connectivity index (χ4v) is 4.65.